The number of amides is 3. The molecule has 0 spiro atoms. The number of nitrogens with zero attached hydrogens (tertiary/aromatic N) is 1. The molecule has 0 radical (unpaired) electrons. The minimum atomic E-state index is -0.927. The Labute approximate surface area is 164 Å². The molecular formula is C22H24N2O4. The fourth-order valence-corrected chi connectivity index (χ4v) is 3.50. The van der Waals surface area contributed by atoms with Crippen LogP contribution in [0.3, 0.4) is 0 Å². The molecule has 6 heteroatoms. The lowest BCUT2D eigenvalue weighted by atomic mass is 9.81. The van der Waals surface area contributed by atoms with Crippen LogP contribution in [0.25, 0.3) is 0 Å². The summed E-state index contributed by atoms with van der Waals surface area (Å²) < 4.78 is 5.17. The SMILES string of the molecule is COCc1ccccc1CNC(=O)CN1C(=O)CC(C)(c2ccccc2)C1=O. The van der Waals surface area contributed by atoms with Gasteiger partial charge in [-0.15, -0.1) is 0 Å². The van der Waals surface area contributed by atoms with Crippen LogP contribution in [0, 0.1) is 0 Å². The average molecular weight is 380 g/mol. The third kappa shape index (κ3) is 3.97. The topological polar surface area (TPSA) is 75.7 Å². The van der Waals surface area contributed by atoms with Crippen LogP contribution in [0.4, 0.5) is 0 Å². The summed E-state index contributed by atoms with van der Waals surface area (Å²) in [5.41, 5.74) is 1.77. The molecule has 1 aliphatic rings. The molecule has 1 N–H and O–H groups in total. The molecule has 0 bridgehead atoms. The molecular weight excluding hydrogens is 356 g/mol. The predicted molar refractivity (Wildman–Crippen MR) is 104 cm³/mol. The number of benzene rings is 2. The van der Waals surface area contributed by atoms with Crippen molar-refractivity contribution < 1.29 is 19.1 Å². The van der Waals surface area contributed by atoms with E-state index in [2.05, 4.69) is 5.32 Å². The van der Waals surface area contributed by atoms with Crippen molar-refractivity contribution in [2.24, 2.45) is 0 Å². The van der Waals surface area contributed by atoms with Crippen LogP contribution in [0.2, 0.25) is 0 Å². The standard InChI is InChI=1S/C22H24N2O4/c1-22(18-10-4-3-5-11-18)12-20(26)24(21(22)27)14-19(25)23-13-16-8-6-7-9-17(16)15-28-2/h3-11H,12-15H2,1-2H3,(H,23,25). The van der Waals surface area contributed by atoms with Crippen LogP contribution in [0.1, 0.15) is 30.0 Å². The highest BCUT2D eigenvalue weighted by Crippen LogP contribution is 2.35. The largest absolute Gasteiger partial charge is 0.380 e. The molecule has 2 aromatic carbocycles. The van der Waals surface area contributed by atoms with Crippen molar-refractivity contribution in [2.45, 2.75) is 31.9 Å². The number of rotatable bonds is 7. The van der Waals surface area contributed by atoms with E-state index < -0.39 is 5.41 Å². The van der Waals surface area contributed by atoms with Crippen LogP contribution < -0.4 is 5.32 Å². The Morgan fingerprint density at radius 1 is 1.07 bits per heavy atom. The van der Waals surface area contributed by atoms with E-state index in [1.165, 1.54) is 0 Å². The Morgan fingerprint density at radius 3 is 2.39 bits per heavy atom. The smallest absolute Gasteiger partial charge is 0.240 e. The van der Waals surface area contributed by atoms with Crippen molar-refractivity contribution in [1.29, 1.82) is 0 Å². The van der Waals surface area contributed by atoms with E-state index in [0.29, 0.717) is 13.2 Å². The summed E-state index contributed by atoms with van der Waals surface area (Å²) in [6.07, 6.45) is 0.0692. The van der Waals surface area contributed by atoms with Gasteiger partial charge in [0.1, 0.15) is 6.54 Å². The zero-order valence-corrected chi connectivity index (χ0v) is 16.1. The lowest BCUT2D eigenvalue weighted by Gasteiger charge is -2.22. The molecule has 1 saturated heterocycles. The van der Waals surface area contributed by atoms with Gasteiger partial charge in [0.25, 0.3) is 0 Å². The van der Waals surface area contributed by atoms with Crippen molar-refractivity contribution in [2.75, 3.05) is 13.7 Å². The van der Waals surface area contributed by atoms with Crippen LogP contribution in [0.5, 0.6) is 0 Å². The zero-order valence-electron chi connectivity index (χ0n) is 16.1. The van der Waals surface area contributed by atoms with Gasteiger partial charge in [-0.05, 0) is 23.6 Å². The van der Waals surface area contributed by atoms with Gasteiger partial charge >= 0.3 is 0 Å². The van der Waals surface area contributed by atoms with Crippen molar-refractivity contribution in [3.05, 3.63) is 71.3 Å². The number of likely N-dealkylation sites (tertiary alicyclic amines) is 1. The number of carbonyl (C=O) groups excluding carboxylic acids is 3. The summed E-state index contributed by atoms with van der Waals surface area (Å²) in [5, 5.41) is 2.79. The Hall–Kier alpha value is -2.99. The van der Waals surface area contributed by atoms with Gasteiger partial charge in [0, 0.05) is 20.1 Å². The highest BCUT2D eigenvalue weighted by molar-refractivity contribution is 6.10. The second-order valence-corrected chi connectivity index (χ2v) is 7.14. The highest BCUT2D eigenvalue weighted by Gasteiger charge is 2.49. The van der Waals surface area contributed by atoms with Crippen molar-refractivity contribution in [1.82, 2.24) is 10.2 Å². The summed E-state index contributed by atoms with van der Waals surface area (Å²) >= 11 is 0. The Bertz CT molecular complexity index is 881. The van der Waals surface area contributed by atoms with Gasteiger partial charge < -0.3 is 10.1 Å². The molecule has 1 aliphatic heterocycles. The minimum Gasteiger partial charge on any atom is -0.380 e. The summed E-state index contributed by atoms with van der Waals surface area (Å²) in [7, 11) is 1.61. The first-order valence-electron chi connectivity index (χ1n) is 9.18. The number of hydrogen-bond acceptors (Lipinski definition) is 4. The van der Waals surface area contributed by atoms with E-state index in [-0.39, 0.29) is 30.7 Å². The summed E-state index contributed by atoms with van der Waals surface area (Å²) in [6.45, 7) is 2.24. The van der Waals surface area contributed by atoms with Gasteiger partial charge in [0.2, 0.25) is 17.7 Å². The second kappa shape index (κ2) is 8.35. The van der Waals surface area contributed by atoms with E-state index in [0.717, 1.165) is 21.6 Å². The third-order valence-electron chi connectivity index (χ3n) is 5.13. The second-order valence-electron chi connectivity index (χ2n) is 7.14. The number of methoxy groups -OCH3 is 1. The van der Waals surface area contributed by atoms with E-state index in [4.69, 9.17) is 4.74 Å². The van der Waals surface area contributed by atoms with E-state index in [1.807, 2.05) is 54.6 Å². The van der Waals surface area contributed by atoms with Crippen molar-refractivity contribution in [3.63, 3.8) is 0 Å². The van der Waals surface area contributed by atoms with Crippen LogP contribution in [-0.2, 0) is 37.7 Å². The molecule has 146 valence electrons. The number of ether oxygens (including phenoxy) is 1. The molecule has 1 heterocycles. The van der Waals surface area contributed by atoms with Crippen LogP contribution in [0.15, 0.2) is 54.6 Å². The summed E-state index contributed by atoms with van der Waals surface area (Å²) in [4.78, 5) is 38.8. The van der Waals surface area contributed by atoms with E-state index >= 15 is 0 Å². The Kier molecular flexibility index (Phi) is 5.90. The van der Waals surface area contributed by atoms with Gasteiger partial charge in [0.05, 0.1) is 12.0 Å². The zero-order chi connectivity index (χ0) is 20.1. The molecule has 3 amide bonds. The maximum atomic E-state index is 12.9. The summed E-state index contributed by atoms with van der Waals surface area (Å²) in [5.74, 6) is -1.03. The number of nitrogens with one attached hydrogen (secondary N) is 1. The maximum Gasteiger partial charge on any atom is 0.240 e. The molecule has 1 atom stereocenters. The lowest BCUT2D eigenvalue weighted by molar-refractivity contribution is -0.143. The molecule has 1 fully saturated rings. The minimum absolute atomic E-state index is 0.0692. The lowest BCUT2D eigenvalue weighted by Crippen LogP contribution is -2.42. The van der Waals surface area contributed by atoms with Gasteiger partial charge in [-0.25, -0.2) is 0 Å². The fourth-order valence-electron chi connectivity index (χ4n) is 3.50. The van der Waals surface area contributed by atoms with Crippen LogP contribution in [-0.4, -0.2) is 36.3 Å². The molecule has 1 unspecified atom stereocenters. The fraction of sp³-hybridized carbons (Fsp3) is 0.318. The van der Waals surface area contributed by atoms with Crippen molar-refractivity contribution >= 4 is 17.7 Å². The van der Waals surface area contributed by atoms with Crippen LogP contribution >= 0.6 is 0 Å². The highest BCUT2D eigenvalue weighted by atomic mass is 16.5. The van der Waals surface area contributed by atoms with Gasteiger partial charge in [0.15, 0.2) is 0 Å². The predicted octanol–water partition coefficient (Wildman–Crippen LogP) is 2.17. The third-order valence-corrected chi connectivity index (χ3v) is 5.13. The van der Waals surface area contributed by atoms with Gasteiger partial charge in [-0.2, -0.15) is 0 Å². The Balaban J connectivity index is 1.65. The Morgan fingerprint density at radius 2 is 1.71 bits per heavy atom. The number of carbonyl (C=O) groups is 3. The van der Waals surface area contributed by atoms with Gasteiger partial charge in [-0.3, -0.25) is 19.3 Å². The quantitative estimate of drug-likeness (QED) is 0.747. The number of hydrogen-bond donors (Lipinski definition) is 1. The first-order chi connectivity index (χ1) is 13.5. The average Bonchev–Trinajstić information content (AvgIpc) is 2.92. The van der Waals surface area contributed by atoms with E-state index in [1.54, 1.807) is 14.0 Å². The normalized spacial score (nSPS) is 19.1. The molecule has 2 aromatic rings. The van der Waals surface area contributed by atoms with E-state index in [9.17, 15) is 14.4 Å². The first kappa shape index (κ1) is 19.8. The first-order valence-corrected chi connectivity index (χ1v) is 9.18. The molecule has 0 saturated carbocycles. The van der Waals surface area contributed by atoms with Gasteiger partial charge in [-0.1, -0.05) is 54.6 Å². The molecule has 0 aliphatic carbocycles. The molecule has 6 nitrogen and oxygen atoms in total. The maximum absolute atomic E-state index is 12.9. The summed E-state index contributed by atoms with van der Waals surface area (Å²) in [6, 6.07) is 16.8. The number of imide groups is 1. The molecule has 3 rings (SSSR count). The monoisotopic (exact) mass is 380 g/mol. The molecule has 0 aromatic heterocycles. The van der Waals surface area contributed by atoms with Crippen molar-refractivity contribution in [3.8, 4) is 0 Å². The molecule has 28 heavy (non-hydrogen) atoms.